The minimum Gasteiger partial charge on any atom is -0.309 e. The van der Waals surface area contributed by atoms with Gasteiger partial charge in [-0.25, -0.2) is 9.97 Å². The first-order chi connectivity index (χ1) is 29.6. The fourth-order valence-corrected chi connectivity index (χ4v) is 9.14. The van der Waals surface area contributed by atoms with Crippen LogP contribution in [0.25, 0.3) is 88.6 Å². The molecule has 4 nitrogen and oxygen atoms in total. The number of hydrogen-bond donors (Lipinski definition) is 0. The van der Waals surface area contributed by atoms with Crippen LogP contribution in [0.15, 0.2) is 194 Å². The van der Waals surface area contributed by atoms with Crippen molar-refractivity contribution in [2.24, 2.45) is 0 Å². The van der Waals surface area contributed by atoms with E-state index in [0.717, 1.165) is 46.9 Å². The van der Waals surface area contributed by atoms with Crippen LogP contribution in [0.3, 0.4) is 0 Å². The monoisotopic (exact) mass is 772 g/mol. The van der Waals surface area contributed by atoms with Gasteiger partial charge in [0.1, 0.15) is 5.82 Å². The van der Waals surface area contributed by atoms with E-state index in [2.05, 4.69) is 217 Å². The molecule has 1 aliphatic rings. The Kier molecular flexibility index (Phi) is 8.85. The average molecular weight is 773 g/mol. The van der Waals surface area contributed by atoms with Crippen LogP contribution < -0.4 is 0 Å². The highest BCUT2D eigenvalue weighted by atomic mass is 15.0. The topological polar surface area (TPSA) is 35.6 Å². The normalized spacial score (nSPS) is 14.5. The first-order valence-electron chi connectivity index (χ1n) is 21.2. The second-order valence-corrected chi connectivity index (χ2v) is 16.1. The van der Waals surface area contributed by atoms with E-state index in [0.29, 0.717) is 5.92 Å². The Hall–Kier alpha value is -7.30. The molecule has 0 fully saturated rings. The summed E-state index contributed by atoms with van der Waals surface area (Å²) in [5.74, 6) is 1.53. The van der Waals surface area contributed by atoms with Crippen LogP contribution in [-0.4, -0.2) is 19.1 Å². The van der Waals surface area contributed by atoms with Gasteiger partial charge in [-0.1, -0.05) is 141 Å². The Morgan fingerprint density at radius 2 is 1.00 bits per heavy atom. The molecule has 2 unspecified atom stereocenters. The zero-order valence-electron chi connectivity index (χ0n) is 33.8. The molecule has 0 saturated heterocycles. The molecule has 2 atom stereocenters. The van der Waals surface area contributed by atoms with E-state index in [1.807, 2.05) is 0 Å². The maximum Gasteiger partial charge on any atom is 0.136 e. The lowest BCUT2D eigenvalue weighted by molar-refractivity contribution is 0.733. The highest BCUT2D eigenvalue weighted by Crippen LogP contribution is 2.39. The van der Waals surface area contributed by atoms with Crippen LogP contribution in [0.4, 0.5) is 0 Å². The Bertz CT molecular complexity index is 3270. The summed E-state index contributed by atoms with van der Waals surface area (Å²) in [5.41, 5.74) is 14.9. The Labute approximate surface area is 350 Å². The van der Waals surface area contributed by atoms with E-state index in [1.54, 1.807) is 0 Å². The molecule has 11 rings (SSSR count). The molecule has 0 radical (unpaired) electrons. The molecule has 4 heteroatoms. The van der Waals surface area contributed by atoms with Crippen molar-refractivity contribution in [3.05, 3.63) is 206 Å². The molecule has 60 heavy (non-hydrogen) atoms. The van der Waals surface area contributed by atoms with Gasteiger partial charge in [-0.3, -0.25) is 0 Å². The number of allylic oxidation sites excluding steroid dienone is 4. The second kappa shape index (κ2) is 14.8. The van der Waals surface area contributed by atoms with E-state index in [9.17, 15) is 0 Å². The van der Waals surface area contributed by atoms with Crippen molar-refractivity contribution < 1.29 is 0 Å². The molecule has 288 valence electrons. The van der Waals surface area contributed by atoms with Crippen LogP contribution >= 0.6 is 0 Å². The summed E-state index contributed by atoms with van der Waals surface area (Å²) in [6.45, 7) is 4.53. The second-order valence-electron chi connectivity index (χ2n) is 16.1. The van der Waals surface area contributed by atoms with Crippen molar-refractivity contribution >= 4 is 43.6 Å². The maximum atomic E-state index is 5.19. The largest absolute Gasteiger partial charge is 0.309 e. The van der Waals surface area contributed by atoms with E-state index < -0.39 is 0 Å². The minimum atomic E-state index is 0.145. The van der Waals surface area contributed by atoms with Crippen LogP contribution in [0.1, 0.15) is 49.9 Å². The first-order valence-corrected chi connectivity index (χ1v) is 21.2. The third-order valence-corrected chi connectivity index (χ3v) is 12.6. The summed E-state index contributed by atoms with van der Waals surface area (Å²) < 4.78 is 4.76. The molecule has 0 amide bonds. The lowest BCUT2D eigenvalue weighted by Crippen LogP contribution is -2.05. The van der Waals surface area contributed by atoms with E-state index in [-0.39, 0.29) is 5.92 Å². The summed E-state index contributed by atoms with van der Waals surface area (Å²) >= 11 is 0. The third-order valence-electron chi connectivity index (χ3n) is 12.6. The fourth-order valence-electron chi connectivity index (χ4n) is 9.14. The summed E-state index contributed by atoms with van der Waals surface area (Å²) in [6.07, 6.45) is 10.7. The van der Waals surface area contributed by atoms with Crippen molar-refractivity contribution in [2.45, 2.75) is 38.5 Å². The highest BCUT2D eigenvalue weighted by Gasteiger charge is 2.19. The molecular weight excluding hydrogens is 729 g/mol. The number of aromatic nitrogens is 4. The first kappa shape index (κ1) is 35.8. The van der Waals surface area contributed by atoms with Gasteiger partial charge in [0.05, 0.1) is 33.5 Å². The van der Waals surface area contributed by atoms with Gasteiger partial charge in [-0.2, -0.15) is 0 Å². The van der Waals surface area contributed by atoms with E-state index in [1.165, 1.54) is 66.0 Å². The highest BCUT2D eigenvalue weighted by molar-refractivity contribution is 6.12. The zero-order chi connectivity index (χ0) is 40.2. The van der Waals surface area contributed by atoms with E-state index in [4.69, 9.17) is 9.97 Å². The fraction of sp³-hybridized carbons (Fsp3) is 0.107. The SMILES string of the molecule is CCC(C)c1ccc(-c2cc(-c3ccc(-n4c5ccccc5c5cc(-c6ccc7c(c6)c6ccccc6n7-c6ccccc6)ccc54)cc3)nc(C3C=CC=CC3)n2)cc1. The molecule has 0 spiro atoms. The Balaban J connectivity index is 0.981. The van der Waals surface area contributed by atoms with Crippen molar-refractivity contribution in [2.75, 3.05) is 0 Å². The number of benzene rings is 7. The van der Waals surface area contributed by atoms with Crippen LogP contribution in [0.2, 0.25) is 0 Å². The maximum absolute atomic E-state index is 5.19. The van der Waals surface area contributed by atoms with Gasteiger partial charge in [0, 0.05) is 50.0 Å². The van der Waals surface area contributed by atoms with Gasteiger partial charge in [-0.15, -0.1) is 0 Å². The molecule has 0 bridgehead atoms. The van der Waals surface area contributed by atoms with Gasteiger partial charge in [0.15, 0.2) is 0 Å². The number of rotatable bonds is 8. The molecule has 3 aromatic heterocycles. The smallest absolute Gasteiger partial charge is 0.136 e. The molecule has 10 aromatic rings. The van der Waals surface area contributed by atoms with Gasteiger partial charge in [-0.05, 0) is 102 Å². The van der Waals surface area contributed by atoms with Crippen molar-refractivity contribution in [1.29, 1.82) is 0 Å². The van der Waals surface area contributed by atoms with Crippen LogP contribution in [0, 0.1) is 0 Å². The van der Waals surface area contributed by atoms with Gasteiger partial charge in [0.25, 0.3) is 0 Å². The van der Waals surface area contributed by atoms with Crippen molar-refractivity contribution in [3.63, 3.8) is 0 Å². The van der Waals surface area contributed by atoms with Crippen molar-refractivity contribution in [1.82, 2.24) is 19.1 Å². The molecule has 0 N–H and O–H groups in total. The Morgan fingerprint density at radius 3 is 1.55 bits per heavy atom. The predicted molar refractivity (Wildman–Crippen MR) is 251 cm³/mol. The molecular formula is C56H44N4. The predicted octanol–water partition coefficient (Wildman–Crippen LogP) is 14.8. The minimum absolute atomic E-state index is 0.145. The summed E-state index contributed by atoms with van der Waals surface area (Å²) in [7, 11) is 0. The number of hydrogen-bond acceptors (Lipinski definition) is 2. The molecule has 0 saturated carbocycles. The lowest BCUT2D eigenvalue weighted by atomic mass is 9.96. The number of fused-ring (bicyclic) bond motifs is 6. The lowest BCUT2D eigenvalue weighted by Gasteiger charge is -2.16. The molecule has 7 aromatic carbocycles. The summed E-state index contributed by atoms with van der Waals surface area (Å²) in [4.78, 5) is 10.3. The van der Waals surface area contributed by atoms with Crippen molar-refractivity contribution in [3.8, 4) is 45.0 Å². The Morgan fingerprint density at radius 1 is 0.500 bits per heavy atom. The molecule has 1 aliphatic carbocycles. The third kappa shape index (κ3) is 6.15. The number of nitrogens with zero attached hydrogens (tertiary/aromatic N) is 4. The standard InChI is InChI=1S/C56H44N4/c1-3-37(2)38-22-24-39(25-23-38)50-36-51(58-56(57-50)41-14-6-4-7-15-41)40-26-30-45(31-27-40)60-53-21-13-11-19-47(53)49-35-43(29-33-55(49)60)42-28-32-54-48(34-42)46-18-10-12-20-52(46)59(54)44-16-8-5-9-17-44/h4-14,16-37,41H,3,15H2,1-2H3. The van der Waals surface area contributed by atoms with Crippen LogP contribution in [0.5, 0.6) is 0 Å². The van der Waals surface area contributed by atoms with Gasteiger partial charge < -0.3 is 9.13 Å². The zero-order valence-corrected chi connectivity index (χ0v) is 33.8. The quantitative estimate of drug-likeness (QED) is 0.154. The molecule has 3 heterocycles. The van der Waals surface area contributed by atoms with Gasteiger partial charge in [0.2, 0.25) is 0 Å². The number of para-hydroxylation sites is 3. The average Bonchev–Trinajstić information content (AvgIpc) is 3.84. The summed E-state index contributed by atoms with van der Waals surface area (Å²) in [5, 5.41) is 4.98. The molecule has 0 aliphatic heterocycles. The summed E-state index contributed by atoms with van der Waals surface area (Å²) in [6, 6.07) is 62.0. The van der Waals surface area contributed by atoms with Gasteiger partial charge >= 0.3 is 0 Å². The van der Waals surface area contributed by atoms with E-state index >= 15 is 0 Å². The van der Waals surface area contributed by atoms with Crippen LogP contribution in [-0.2, 0) is 0 Å².